The van der Waals surface area contributed by atoms with Gasteiger partial charge in [-0.3, -0.25) is 4.79 Å². The fourth-order valence-corrected chi connectivity index (χ4v) is 2.93. The number of pyridine rings is 1. The van der Waals surface area contributed by atoms with E-state index in [1.165, 1.54) is 18.6 Å². The summed E-state index contributed by atoms with van der Waals surface area (Å²) in [4.78, 5) is 19.2. The second-order valence-electron chi connectivity index (χ2n) is 6.01. The van der Waals surface area contributed by atoms with Crippen LogP contribution in [0.15, 0.2) is 24.3 Å². The van der Waals surface area contributed by atoms with Crippen molar-refractivity contribution in [2.24, 2.45) is 5.73 Å². The highest BCUT2D eigenvalue weighted by molar-refractivity contribution is 6.02. The fourth-order valence-electron chi connectivity index (χ4n) is 2.93. The van der Waals surface area contributed by atoms with Gasteiger partial charge < -0.3 is 16.0 Å². The highest BCUT2D eigenvalue weighted by Gasteiger charge is 2.21. The maximum atomic E-state index is 13.5. The number of hydrogen-bond donors (Lipinski definition) is 2. The van der Waals surface area contributed by atoms with Gasteiger partial charge >= 0.3 is 0 Å². The molecule has 1 aromatic carbocycles. The summed E-state index contributed by atoms with van der Waals surface area (Å²) in [6.45, 7) is 3.42. The smallest absolute Gasteiger partial charge is 0.256 e. The van der Waals surface area contributed by atoms with E-state index >= 15 is 0 Å². The molecule has 23 heavy (non-hydrogen) atoms. The number of piperidine rings is 1. The van der Waals surface area contributed by atoms with E-state index in [4.69, 9.17) is 5.73 Å². The van der Waals surface area contributed by atoms with E-state index < -0.39 is 6.17 Å². The Morgan fingerprint density at radius 2 is 2.04 bits per heavy atom. The molecule has 1 saturated heterocycles. The topological polar surface area (TPSA) is 71.2 Å². The lowest BCUT2D eigenvalue weighted by atomic mass is 10.1. The lowest BCUT2D eigenvalue weighted by Crippen LogP contribution is -2.40. The molecule has 3 N–H and O–H groups in total. The number of hydrogen-bond acceptors (Lipinski definition) is 4. The van der Waals surface area contributed by atoms with Crippen molar-refractivity contribution in [1.82, 2.24) is 10.3 Å². The molecule has 0 saturated carbocycles. The summed E-state index contributed by atoms with van der Waals surface area (Å²) >= 11 is 0. The van der Waals surface area contributed by atoms with E-state index in [1.807, 2.05) is 0 Å². The van der Waals surface area contributed by atoms with Gasteiger partial charge in [0, 0.05) is 24.5 Å². The Balaban J connectivity index is 2.09. The highest BCUT2D eigenvalue weighted by atomic mass is 19.1. The van der Waals surface area contributed by atoms with Gasteiger partial charge in [0.1, 0.15) is 11.6 Å². The zero-order chi connectivity index (χ0) is 16.4. The van der Waals surface area contributed by atoms with Gasteiger partial charge in [0.25, 0.3) is 5.91 Å². The lowest BCUT2D eigenvalue weighted by molar-refractivity contribution is 0.0941. The largest absolute Gasteiger partial charge is 0.356 e. The van der Waals surface area contributed by atoms with Gasteiger partial charge in [0.2, 0.25) is 0 Å². The molecule has 3 rings (SSSR count). The maximum Gasteiger partial charge on any atom is 0.256 e. The number of nitrogens with two attached hydrogens (primary N) is 1. The summed E-state index contributed by atoms with van der Waals surface area (Å²) in [6, 6.07) is 6.18. The average Bonchev–Trinajstić information content (AvgIpc) is 2.53. The standard InChI is InChI=1S/C17H21FN4O/c1-11(19)20-17(23)14-9-12-5-6-13(18)10-15(12)21-16(14)22-7-3-2-4-8-22/h5-6,9-11H,2-4,7-8,19H2,1H3,(H,20,23). The predicted molar refractivity (Wildman–Crippen MR) is 88.9 cm³/mol. The van der Waals surface area contributed by atoms with Crippen LogP contribution < -0.4 is 16.0 Å². The zero-order valence-corrected chi connectivity index (χ0v) is 13.2. The second kappa shape index (κ2) is 6.50. The van der Waals surface area contributed by atoms with Crippen LogP contribution in [0.2, 0.25) is 0 Å². The van der Waals surface area contributed by atoms with Crippen LogP contribution >= 0.6 is 0 Å². The molecule has 1 unspecified atom stereocenters. The number of fused-ring (bicyclic) bond motifs is 1. The Morgan fingerprint density at radius 3 is 2.74 bits per heavy atom. The maximum absolute atomic E-state index is 13.5. The predicted octanol–water partition coefficient (Wildman–Crippen LogP) is 2.40. The van der Waals surface area contributed by atoms with Crippen molar-refractivity contribution < 1.29 is 9.18 Å². The molecule has 1 aliphatic rings. The molecule has 122 valence electrons. The van der Waals surface area contributed by atoms with Gasteiger partial charge in [0.05, 0.1) is 17.2 Å². The molecule has 1 aliphatic heterocycles. The Labute approximate surface area is 134 Å². The van der Waals surface area contributed by atoms with Crippen molar-refractivity contribution in [2.75, 3.05) is 18.0 Å². The number of carbonyl (C=O) groups is 1. The normalized spacial score (nSPS) is 16.4. The van der Waals surface area contributed by atoms with Crippen LogP contribution in [0, 0.1) is 5.82 Å². The van der Waals surface area contributed by atoms with Crippen LogP contribution in [0.4, 0.5) is 10.2 Å². The van der Waals surface area contributed by atoms with Crippen molar-refractivity contribution in [3.8, 4) is 0 Å². The van der Waals surface area contributed by atoms with Crippen molar-refractivity contribution in [3.63, 3.8) is 0 Å². The van der Waals surface area contributed by atoms with Crippen LogP contribution in [0.5, 0.6) is 0 Å². The Kier molecular flexibility index (Phi) is 4.43. The van der Waals surface area contributed by atoms with E-state index in [-0.39, 0.29) is 11.7 Å². The van der Waals surface area contributed by atoms with E-state index in [0.29, 0.717) is 16.9 Å². The van der Waals surface area contributed by atoms with Crippen molar-refractivity contribution >= 4 is 22.6 Å². The molecule has 0 radical (unpaired) electrons. The van der Waals surface area contributed by atoms with Crippen molar-refractivity contribution in [1.29, 1.82) is 0 Å². The number of carbonyl (C=O) groups excluding carboxylic acids is 1. The minimum absolute atomic E-state index is 0.251. The van der Waals surface area contributed by atoms with E-state index in [1.54, 1.807) is 19.1 Å². The van der Waals surface area contributed by atoms with Crippen LogP contribution in [-0.4, -0.2) is 30.1 Å². The van der Waals surface area contributed by atoms with Gasteiger partial charge in [-0.1, -0.05) is 0 Å². The molecular weight excluding hydrogens is 295 g/mol. The molecule has 1 amide bonds. The lowest BCUT2D eigenvalue weighted by Gasteiger charge is -2.29. The Bertz CT molecular complexity index is 726. The quantitative estimate of drug-likeness (QED) is 0.853. The first kappa shape index (κ1) is 15.7. The van der Waals surface area contributed by atoms with Crippen LogP contribution in [0.3, 0.4) is 0 Å². The second-order valence-corrected chi connectivity index (χ2v) is 6.01. The Morgan fingerprint density at radius 1 is 1.30 bits per heavy atom. The van der Waals surface area contributed by atoms with Gasteiger partial charge in [-0.25, -0.2) is 9.37 Å². The van der Waals surface area contributed by atoms with Crippen molar-refractivity contribution in [2.45, 2.75) is 32.4 Å². The molecule has 1 fully saturated rings. The summed E-state index contributed by atoms with van der Waals surface area (Å²) < 4.78 is 13.5. The van der Waals surface area contributed by atoms with Crippen LogP contribution in [0.1, 0.15) is 36.5 Å². The molecule has 1 aromatic heterocycles. The van der Waals surface area contributed by atoms with E-state index in [9.17, 15) is 9.18 Å². The summed E-state index contributed by atoms with van der Waals surface area (Å²) in [5.41, 5.74) is 6.72. The molecule has 2 aromatic rings. The van der Waals surface area contributed by atoms with Crippen LogP contribution in [0.25, 0.3) is 10.9 Å². The first-order valence-corrected chi connectivity index (χ1v) is 7.96. The third kappa shape index (κ3) is 3.42. The first-order chi connectivity index (χ1) is 11.0. The van der Waals surface area contributed by atoms with Crippen molar-refractivity contribution in [3.05, 3.63) is 35.6 Å². The van der Waals surface area contributed by atoms with Gasteiger partial charge in [-0.2, -0.15) is 0 Å². The van der Waals surface area contributed by atoms with Gasteiger partial charge in [-0.05, 0) is 44.4 Å². The molecule has 1 atom stereocenters. The average molecular weight is 316 g/mol. The van der Waals surface area contributed by atoms with Gasteiger partial charge in [0.15, 0.2) is 0 Å². The number of nitrogens with one attached hydrogen (secondary N) is 1. The number of amides is 1. The number of anilines is 1. The summed E-state index contributed by atoms with van der Waals surface area (Å²) in [5, 5.41) is 3.45. The fraction of sp³-hybridized carbons (Fsp3) is 0.412. The molecule has 6 heteroatoms. The third-order valence-corrected chi connectivity index (χ3v) is 4.02. The molecule has 2 heterocycles. The molecular formula is C17H21FN4O. The minimum Gasteiger partial charge on any atom is -0.356 e. The number of nitrogens with zero attached hydrogens (tertiary/aromatic N) is 2. The molecule has 0 aliphatic carbocycles. The number of rotatable bonds is 3. The summed E-state index contributed by atoms with van der Waals surface area (Å²) in [7, 11) is 0. The van der Waals surface area contributed by atoms with E-state index in [0.717, 1.165) is 31.3 Å². The number of benzene rings is 1. The van der Waals surface area contributed by atoms with E-state index in [2.05, 4.69) is 15.2 Å². The first-order valence-electron chi connectivity index (χ1n) is 7.96. The summed E-state index contributed by atoms with van der Waals surface area (Å²) in [5.74, 6) is 0.0302. The third-order valence-electron chi connectivity index (χ3n) is 4.02. The highest BCUT2D eigenvalue weighted by Crippen LogP contribution is 2.26. The van der Waals surface area contributed by atoms with Crippen LogP contribution in [-0.2, 0) is 0 Å². The monoisotopic (exact) mass is 316 g/mol. The molecule has 0 spiro atoms. The zero-order valence-electron chi connectivity index (χ0n) is 13.2. The minimum atomic E-state index is -0.444. The van der Waals surface area contributed by atoms with Gasteiger partial charge in [-0.15, -0.1) is 0 Å². The summed E-state index contributed by atoms with van der Waals surface area (Å²) in [6.07, 6.45) is 2.87. The Hall–Kier alpha value is -2.21. The number of halogens is 1. The molecule has 5 nitrogen and oxygen atoms in total. The number of aromatic nitrogens is 1. The molecule has 0 bridgehead atoms. The SMILES string of the molecule is CC(N)NC(=O)c1cc2ccc(F)cc2nc1N1CCCCC1.